The molecule has 34 heavy (non-hydrogen) atoms. The zero-order valence-electron chi connectivity index (χ0n) is 19.3. The number of barbiturate groups is 1. The summed E-state index contributed by atoms with van der Waals surface area (Å²) in [5, 5.41) is 13.9. The predicted octanol–water partition coefficient (Wildman–Crippen LogP) is 3.38. The Labute approximate surface area is 196 Å². The molecular formula is C25H26N4O5. The third kappa shape index (κ3) is 3.10. The number of nitrogens with zero attached hydrogens (tertiary/aromatic N) is 3. The first-order valence-corrected chi connectivity index (χ1v) is 11.3. The number of rotatable bonds is 2. The van der Waals surface area contributed by atoms with Gasteiger partial charge in [0, 0.05) is 42.2 Å². The molecule has 2 aromatic rings. The Hall–Kier alpha value is -3.75. The first-order valence-electron chi connectivity index (χ1n) is 11.3. The number of imide groups is 2. The van der Waals surface area contributed by atoms with Crippen LogP contribution in [-0.2, 0) is 16.0 Å². The number of nitro groups is 1. The lowest BCUT2D eigenvalue weighted by molar-refractivity contribution is -0.384. The number of non-ortho nitro benzene ring substituents is 1. The fraction of sp³-hybridized carbons (Fsp3) is 0.400. The highest BCUT2D eigenvalue weighted by atomic mass is 16.6. The minimum absolute atomic E-state index is 0.00276. The first kappa shape index (κ1) is 22.1. The third-order valence-electron chi connectivity index (χ3n) is 7.28. The highest BCUT2D eigenvalue weighted by Gasteiger charge is 2.65. The van der Waals surface area contributed by atoms with Gasteiger partial charge < -0.3 is 4.90 Å². The summed E-state index contributed by atoms with van der Waals surface area (Å²) < 4.78 is 0. The SMILES string of the molecule is CC(C)(C)N1C(=O)NC(=O)[C@]2(Cc3cc([N+](=O)[O-])ccc3N3C[C@@H](c4ccccc4)C[C@@H]32)C1=O. The summed E-state index contributed by atoms with van der Waals surface area (Å²) in [5.74, 6) is -1.12. The van der Waals surface area contributed by atoms with E-state index in [0.717, 1.165) is 16.2 Å². The van der Waals surface area contributed by atoms with Gasteiger partial charge in [-0.1, -0.05) is 30.3 Å². The fourth-order valence-corrected chi connectivity index (χ4v) is 5.77. The molecule has 0 radical (unpaired) electrons. The Morgan fingerprint density at radius 3 is 2.44 bits per heavy atom. The zero-order chi connectivity index (χ0) is 24.4. The van der Waals surface area contributed by atoms with Crippen molar-refractivity contribution in [3.8, 4) is 0 Å². The average molecular weight is 463 g/mol. The molecule has 5 rings (SSSR count). The summed E-state index contributed by atoms with van der Waals surface area (Å²) in [6.07, 6.45) is 0.545. The Bertz CT molecular complexity index is 1220. The second kappa shape index (κ2) is 7.38. The Balaban J connectivity index is 1.68. The molecule has 0 aromatic heterocycles. The second-order valence-corrected chi connectivity index (χ2v) is 10.3. The van der Waals surface area contributed by atoms with E-state index in [1.807, 2.05) is 35.2 Å². The van der Waals surface area contributed by atoms with Crippen molar-refractivity contribution >= 4 is 29.2 Å². The number of fused-ring (bicyclic) bond motifs is 4. The van der Waals surface area contributed by atoms with Crippen LogP contribution in [0.4, 0.5) is 16.2 Å². The monoisotopic (exact) mass is 462 g/mol. The van der Waals surface area contributed by atoms with Crippen LogP contribution < -0.4 is 10.2 Å². The smallest absolute Gasteiger partial charge is 0.331 e. The maximum Gasteiger partial charge on any atom is 0.331 e. The molecular weight excluding hydrogens is 436 g/mol. The minimum Gasteiger partial charge on any atom is -0.366 e. The van der Waals surface area contributed by atoms with Gasteiger partial charge in [0.25, 0.3) is 5.69 Å². The van der Waals surface area contributed by atoms with Crippen molar-refractivity contribution in [3.63, 3.8) is 0 Å². The summed E-state index contributed by atoms with van der Waals surface area (Å²) in [6.45, 7) is 5.80. The molecule has 4 amide bonds. The molecule has 2 aromatic carbocycles. The van der Waals surface area contributed by atoms with Crippen LogP contribution in [0.3, 0.4) is 0 Å². The van der Waals surface area contributed by atoms with E-state index in [-0.39, 0.29) is 18.0 Å². The number of hydrogen-bond acceptors (Lipinski definition) is 6. The number of carbonyl (C=O) groups excluding carboxylic acids is 3. The van der Waals surface area contributed by atoms with Gasteiger partial charge in [0.15, 0.2) is 5.41 Å². The normalized spacial score (nSPS) is 26.4. The molecule has 3 aliphatic rings. The Kier molecular flexibility index (Phi) is 4.79. The predicted molar refractivity (Wildman–Crippen MR) is 124 cm³/mol. The third-order valence-corrected chi connectivity index (χ3v) is 7.28. The molecule has 0 unspecified atom stereocenters. The van der Waals surface area contributed by atoms with Gasteiger partial charge >= 0.3 is 6.03 Å². The lowest BCUT2D eigenvalue weighted by Crippen LogP contribution is -2.73. The van der Waals surface area contributed by atoms with Crippen LogP contribution in [0.2, 0.25) is 0 Å². The Morgan fingerprint density at radius 1 is 1.09 bits per heavy atom. The topological polar surface area (TPSA) is 113 Å². The molecule has 176 valence electrons. The van der Waals surface area contributed by atoms with E-state index in [1.54, 1.807) is 26.8 Å². The number of urea groups is 1. The first-order chi connectivity index (χ1) is 16.0. The Morgan fingerprint density at radius 2 is 1.79 bits per heavy atom. The van der Waals surface area contributed by atoms with Crippen molar-refractivity contribution in [3.05, 3.63) is 69.8 Å². The molecule has 3 heterocycles. The van der Waals surface area contributed by atoms with Crippen LogP contribution in [0.5, 0.6) is 0 Å². The summed E-state index contributed by atoms with van der Waals surface area (Å²) >= 11 is 0. The van der Waals surface area contributed by atoms with Crippen molar-refractivity contribution in [2.24, 2.45) is 5.41 Å². The minimum atomic E-state index is -1.56. The largest absolute Gasteiger partial charge is 0.366 e. The number of anilines is 1. The number of hydrogen-bond donors (Lipinski definition) is 1. The van der Waals surface area contributed by atoms with Crippen molar-refractivity contribution < 1.29 is 19.3 Å². The molecule has 0 saturated carbocycles. The van der Waals surface area contributed by atoms with Crippen molar-refractivity contribution in [2.45, 2.75) is 51.1 Å². The molecule has 2 fully saturated rings. The molecule has 3 atom stereocenters. The molecule has 1 spiro atoms. The molecule has 2 saturated heterocycles. The number of benzene rings is 2. The van der Waals surface area contributed by atoms with Gasteiger partial charge in [0.1, 0.15) is 0 Å². The van der Waals surface area contributed by atoms with E-state index in [2.05, 4.69) is 5.32 Å². The number of nitro benzene ring substituents is 1. The van der Waals surface area contributed by atoms with Crippen LogP contribution >= 0.6 is 0 Å². The van der Waals surface area contributed by atoms with E-state index in [9.17, 15) is 24.5 Å². The van der Waals surface area contributed by atoms with E-state index >= 15 is 0 Å². The molecule has 0 bridgehead atoms. The standard InChI is InChI=1S/C25H26N4O5/c1-24(2,3)28-22(31)25(21(30)26-23(28)32)13-16-11-18(29(33)34)9-10-19(16)27-14-17(12-20(25)27)15-7-5-4-6-8-15/h4-11,17,20H,12-14H2,1-3H3,(H,26,30,32)/t17-,20+,25+/m0/s1. The fourth-order valence-electron chi connectivity index (χ4n) is 5.77. The van der Waals surface area contributed by atoms with Crippen LogP contribution in [0, 0.1) is 15.5 Å². The summed E-state index contributed by atoms with van der Waals surface area (Å²) in [4.78, 5) is 54.5. The summed E-state index contributed by atoms with van der Waals surface area (Å²) in [6, 6.07) is 13.3. The highest BCUT2D eigenvalue weighted by molar-refractivity contribution is 6.20. The van der Waals surface area contributed by atoms with Crippen molar-refractivity contribution in [2.75, 3.05) is 11.4 Å². The van der Waals surface area contributed by atoms with E-state index in [4.69, 9.17) is 0 Å². The number of amides is 4. The molecule has 3 aliphatic heterocycles. The lowest BCUT2D eigenvalue weighted by atomic mass is 9.67. The van der Waals surface area contributed by atoms with Crippen molar-refractivity contribution in [1.29, 1.82) is 0 Å². The maximum absolute atomic E-state index is 14.1. The number of carbonyl (C=O) groups is 3. The second-order valence-electron chi connectivity index (χ2n) is 10.3. The van der Waals surface area contributed by atoms with Gasteiger partial charge in [0.2, 0.25) is 11.8 Å². The molecule has 9 heteroatoms. The molecule has 0 aliphatic carbocycles. The zero-order valence-corrected chi connectivity index (χ0v) is 19.3. The highest BCUT2D eigenvalue weighted by Crippen LogP contribution is 2.52. The quantitative estimate of drug-likeness (QED) is 0.416. The van der Waals surface area contributed by atoms with Gasteiger partial charge in [-0.3, -0.25) is 29.9 Å². The van der Waals surface area contributed by atoms with Gasteiger partial charge in [-0.25, -0.2) is 4.79 Å². The summed E-state index contributed by atoms with van der Waals surface area (Å²) in [7, 11) is 0. The van der Waals surface area contributed by atoms with Gasteiger partial charge in [0.05, 0.1) is 11.0 Å². The van der Waals surface area contributed by atoms with Crippen LogP contribution in [0.15, 0.2) is 48.5 Å². The average Bonchev–Trinajstić information content (AvgIpc) is 3.23. The van der Waals surface area contributed by atoms with Gasteiger partial charge in [-0.2, -0.15) is 0 Å². The van der Waals surface area contributed by atoms with Crippen LogP contribution in [-0.4, -0.2) is 45.8 Å². The van der Waals surface area contributed by atoms with E-state index < -0.39 is 39.8 Å². The lowest BCUT2D eigenvalue weighted by Gasteiger charge is -2.51. The molecule has 9 nitrogen and oxygen atoms in total. The van der Waals surface area contributed by atoms with E-state index in [0.29, 0.717) is 18.5 Å². The molecule has 1 N–H and O–H groups in total. The van der Waals surface area contributed by atoms with Crippen LogP contribution in [0.25, 0.3) is 0 Å². The maximum atomic E-state index is 14.1. The van der Waals surface area contributed by atoms with E-state index in [1.165, 1.54) is 12.1 Å². The van der Waals surface area contributed by atoms with Crippen molar-refractivity contribution in [1.82, 2.24) is 10.2 Å². The summed E-state index contributed by atoms with van der Waals surface area (Å²) in [5.41, 5.74) is -0.0561. The van der Waals surface area contributed by atoms with Gasteiger partial charge in [-0.15, -0.1) is 0 Å². The van der Waals surface area contributed by atoms with Gasteiger partial charge in [-0.05, 0) is 44.4 Å². The number of nitrogens with one attached hydrogen (secondary N) is 1. The van der Waals surface area contributed by atoms with Crippen LogP contribution in [0.1, 0.15) is 44.2 Å².